The van der Waals surface area contributed by atoms with Gasteiger partial charge in [-0.05, 0) is 30.3 Å². The van der Waals surface area contributed by atoms with Gasteiger partial charge in [-0.25, -0.2) is 19.2 Å². The fourth-order valence-electron chi connectivity index (χ4n) is 1.79. The van der Waals surface area contributed by atoms with Crippen LogP contribution < -0.4 is 10.6 Å². The molecule has 3 aromatic rings. The minimum atomic E-state index is -0.677. The molecule has 9 heteroatoms. The Bertz CT molecular complexity index is 952. The molecule has 0 bridgehead atoms. The van der Waals surface area contributed by atoms with E-state index in [2.05, 4.69) is 20.6 Å². The van der Waals surface area contributed by atoms with Gasteiger partial charge in [-0.1, -0.05) is 22.9 Å². The van der Waals surface area contributed by atoms with Crippen LogP contribution in [-0.2, 0) is 0 Å². The van der Waals surface area contributed by atoms with Gasteiger partial charge in [0.15, 0.2) is 5.13 Å². The highest BCUT2D eigenvalue weighted by Crippen LogP contribution is 2.25. The van der Waals surface area contributed by atoms with E-state index in [9.17, 15) is 9.18 Å². The molecule has 0 aliphatic heterocycles. The van der Waals surface area contributed by atoms with Crippen LogP contribution in [0.15, 0.2) is 30.3 Å². The van der Waals surface area contributed by atoms with Gasteiger partial charge in [0.05, 0.1) is 17.3 Å². The van der Waals surface area contributed by atoms with Gasteiger partial charge in [-0.15, -0.1) is 0 Å². The number of aromatic nitrogens is 2. The number of carbonyl (C=O) groups is 1. The maximum atomic E-state index is 13.6. The van der Waals surface area contributed by atoms with Gasteiger partial charge in [0.25, 0.3) is 0 Å². The number of anilines is 2. The summed E-state index contributed by atoms with van der Waals surface area (Å²) in [6, 6.07) is 8.14. The van der Waals surface area contributed by atoms with Crippen molar-refractivity contribution in [1.82, 2.24) is 9.97 Å². The predicted molar refractivity (Wildman–Crippen MR) is 86.2 cm³/mol. The van der Waals surface area contributed by atoms with E-state index in [1.807, 2.05) is 6.07 Å². The lowest BCUT2D eigenvalue weighted by molar-refractivity contribution is 0.262. The van der Waals surface area contributed by atoms with E-state index in [0.29, 0.717) is 20.6 Å². The van der Waals surface area contributed by atoms with Gasteiger partial charge >= 0.3 is 6.03 Å². The van der Waals surface area contributed by atoms with Crippen LogP contribution in [0.3, 0.4) is 0 Å². The first-order chi connectivity index (χ1) is 11.0. The van der Waals surface area contributed by atoms with Crippen molar-refractivity contribution in [3.63, 3.8) is 0 Å². The lowest BCUT2D eigenvalue weighted by Crippen LogP contribution is -2.20. The molecule has 114 valence electrons. The number of halogens is 2. The van der Waals surface area contributed by atoms with Gasteiger partial charge in [-0.3, -0.25) is 5.32 Å². The van der Waals surface area contributed by atoms with Crippen LogP contribution in [-0.4, -0.2) is 16.0 Å². The number of thiazole rings is 1. The van der Waals surface area contributed by atoms with Crippen molar-refractivity contribution in [3.8, 4) is 6.07 Å². The average molecular weight is 348 g/mol. The Labute approximate surface area is 138 Å². The molecule has 1 aromatic carbocycles. The molecule has 23 heavy (non-hydrogen) atoms. The molecule has 0 aliphatic carbocycles. The van der Waals surface area contributed by atoms with E-state index in [1.54, 1.807) is 12.1 Å². The summed E-state index contributed by atoms with van der Waals surface area (Å²) in [6.45, 7) is 0. The van der Waals surface area contributed by atoms with Crippen molar-refractivity contribution in [2.24, 2.45) is 0 Å². The van der Waals surface area contributed by atoms with Crippen LogP contribution >= 0.6 is 22.9 Å². The minimum Gasteiger partial charge on any atom is -0.305 e. The van der Waals surface area contributed by atoms with Crippen LogP contribution in [0.4, 0.5) is 20.0 Å². The first kappa shape index (κ1) is 15.1. The highest BCUT2D eigenvalue weighted by molar-refractivity contribution is 7.22. The molecule has 0 fully saturated rings. The highest BCUT2D eigenvalue weighted by atomic mass is 35.5. The van der Waals surface area contributed by atoms with Crippen molar-refractivity contribution in [1.29, 1.82) is 5.26 Å². The number of nitrogens with one attached hydrogen (secondary N) is 2. The number of amides is 2. The molecule has 0 saturated heterocycles. The number of hydrogen-bond acceptors (Lipinski definition) is 5. The lowest BCUT2D eigenvalue weighted by Gasteiger charge is -2.06. The monoisotopic (exact) mass is 347 g/mol. The van der Waals surface area contributed by atoms with Crippen LogP contribution in [0.25, 0.3) is 10.3 Å². The molecule has 0 saturated carbocycles. The summed E-state index contributed by atoms with van der Waals surface area (Å²) in [5, 5.41) is 14.2. The van der Waals surface area contributed by atoms with Gasteiger partial charge in [0.1, 0.15) is 21.3 Å². The third-order valence-corrected chi connectivity index (χ3v) is 3.88. The summed E-state index contributed by atoms with van der Waals surface area (Å²) in [5.41, 5.74) is 0.733. The van der Waals surface area contributed by atoms with Crippen LogP contribution in [0.1, 0.15) is 5.56 Å². The average Bonchev–Trinajstić information content (AvgIpc) is 2.90. The summed E-state index contributed by atoms with van der Waals surface area (Å²) < 4.78 is 13.6. The normalized spacial score (nSPS) is 10.3. The zero-order valence-corrected chi connectivity index (χ0v) is 12.9. The number of fused-ring (bicyclic) bond motifs is 1. The third kappa shape index (κ3) is 3.36. The number of urea groups is 1. The number of carbonyl (C=O) groups excluding carboxylic acids is 1. The smallest absolute Gasteiger partial charge is 0.305 e. The fraction of sp³-hybridized carbons (Fsp3) is 0. The third-order valence-electron chi connectivity index (χ3n) is 2.79. The quantitative estimate of drug-likeness (QED) is 0.685. The second-order valence-electron chi connectivity index (χ2n) is 4.36. The molecule has 0 unspecified atom stereocenters. The minimum absolute atomic E-state index is 0.0937. The van der Waals surface area contributed by atoms with Crippen LogP contribution in [0.5, 0.6) is 0 Å². The number of rotatable bonds is 2. The van der Waals surface area contributed by atoms with E-state index < -0.39 is 11.8 Å². The molecular weight excluding hydrogens is 341 g/mol. The highest BCUT2D eigenvalue weighted by Gasteiger charge is 2.11. The number of nitrogens with zero attached hydrogens (tertiary/aromatic N) is 3. The Kier molecular flexibility index (Phi) is 4.06. The summed E-state index contributed by atoms with van der Waals surface area (Å²) in [7, 11) is 0. The first-order valence-corrected chi connectivity index (χ1v) is 7.45. The number of hydrogen-bond donors (Lipinski definition) is 2. The molecule has 0 spiro atoms. The first-order valence-electron chi connectivity index (χ1n) is 6.26. The van der Waals surface area contributed by atoms with Gasteiger partial charge < -0.3 is 5.32 Å². The largest absolute Gasteiger partial charge is 0.325 e. The van der Waals surface area contributed by atoms with E-state index >= 15 is 0 Å². The Morgan fingerprint density at radius 3 is 2.87 bits per heavy atom. The Balaban J connectivity index is 1.77. The second kappa shape index (κ2) is 6.16. The van der Waals surface area contributed by atoms with Gasteiger partial charge in [-0.2, -0.15) is 5.26 Å². The van der Waals surface area contributed by atoms with Crippen LogP contribution in [0, 0.1) is 17.1 Å². The molecule has 2 aromatic heterocycles. The topological polar surface area (TPSA) is 90.7 Å². The summed E-state index contributed by atoms with van der Waals surface area (Å²) >= 11 is 6.92. The van der Waals surface area contributed by atoms with Crippen molar-refractivity contribution in [3.05, 3.63) is 46.9 Å². The predicted octanol–water partition coefficient (Wildman–Crippen LogP) is 4.00. The second-order valence-corrected chi connectivity index (χ2v) is 5.73. The fourth-order valence-corrected chi connectivity index (χ4v) is 2.82. The molecule has 2 amide bonds. The zero-order valence-electron chi connectivity index (χ0n) is 11.3. The summed E-state index contributed by atoms with van der Waals surface area (Å²) in [6.07, 6.45) is 0. The van der Waals surface area contributed by atoms with E-state index in [-0.39, 0.29) is 11.3 Å². The summed E-state index contributed by atoms with van der Waals surface area (Å²) in [5.74, 6) is -0.642. The maximum absolute atomic E-state index is 13.6. The molecule has 0 atom stereocenters. The lowest BCUT2D eigenvalue weighted by atomic mass is 10.2. The van der Waals surface area contributed by atoms with Gasteiger partial charge in [0, 0.05) is 0 Å². The van der Waals surface area contributed by atoms with Crippen molar-refractivity contribution < 1.29 is 9.18 Å². The zero-order chi connectivity index (χ0) is 16.4. The molecule has 0 aliphatic rings. The maximum Gasteiger partial charge on any atom is 0.325 e. The number of pyridine rings is 1. The van der Waals surface area contributed by atoms with Crippen LogP contribution in [0.2, 0.25) is 5.15 Å². The van der Waals surface area contributed by atoms with Crippen molar-refractivity contribution in [2.45, 2.75) is 0 Å². The molecule has 3 rings (SSSR count). The molecule has 0 radical (unpaired) electrons. The Morgan fingerprint density at radius 2 is 2.09 bits per heavy atom. The number of nitriles is 1. The molecule has 6 nitrogen and oxygen atoms in total. The van der Waals surface area contributed by atoms with E-state index in [0.717, 1.165) is 17.4 Å². The van der Waals surface area contributed by atoms with Gasteiger partial charge in [0.2, 0.25) is 0 Å². The summed E-state index contributed by atoms with van der Waals surface area (Å²) in [4.78, 5) is 20.7. The molecular formula is C14H7ClFN5OS. The SMILES string of the molecule is N#Cc1ccc(F)c(NC(=O)Nc2nc3ccc(Cl)nc3s2)c1. The Morgan fingerprint density at radius 1 is 1.26 bits per heavy atom. The van der Waals surface area contributed by atoms with E-state index in [4.69, 9.17) is 16.9 Å². The standard InChI is InChI=1S/C14H7ClFN5OS/c15-11-4-3-9-12(20-11)23-14(19-9)21-13(22)18-10-5-7(6-17)1-2-8(10)16/h1-5H,(H2,18,19,21,22). The molecule has 2 N–H and O–H groups in total. The van der Waals surface area contributed by atoms with E-state index in [1.165, 1.54) is 12.1 Å². The van der Waals surface area contributed by atoms with Crippen molar-refractivity contribution >= 4 is 50.1 Å². The number of benzene rings is 1. The van der Waals surface area contributed by atoms with Crippen molar-refractivity contribution in [2.75, 3.05) is 10.6 Å². The molecule has 2 heterocycles. The Hall–Kier alpha value is -2.76.